The number of fused-ring (bicyclic) bond motifs is 1. The van der Waals surface area contributed by atoms with Crippen LogP contribution in [0.3, 0.4) is 0 Å². The van der Waals surface area contributed by atoms with E-state index >= 15 is 0 Å². The van der Waals surface area contributed by atoms with Crippen molar-refractivity contribution in [1.82, 2.24) is 0 Å². The van der Waals surface area contributed by atoms with E-state index in [4.69, 9.17) is 4.74 Å². The van der Waals surface area contributed by atoms with Crippen molar-refractivity contribution in [3.8, 4) is 0 Å². The molecule has 0 unspecified atom stereocenters. The number of allylic oxidation sites excluding steroid dienone is 1. The summed E-state index contributed by atoms with van der Waals surface area (Å²) in [6.45, 7) is 3.96. The zero-order chi connectivity index (χ0) is 13.1. The van der Waals surface area contributed by atoms with Crippen LogP contribution in [0.5, 0.6) is 0 Å². The van der Waals surface area contributed by atoms with E-state index in [0.717, 1.165) is 12.0 Å². The van der Waals surface area contributed by atoms with E-state index in [9.17, 15) is 14.7 Å². The fourth-order valence-corrected chi connectivity index (χ4v) is 4.05. The van der Waals surface area contributed by atoms with Gasteiger partial charge >= 0.3 is 5.97 Å². The highest BCUT2D eigenvalue weighted by molar-refractivity contribution is 5.96. The Morgan fingerprint density at radius 3 is 2.83 bits per heavy atom. The molecule has 1 heterocycles. The summed E-state index contributed by atoms with van der Waals surface area (Å²) >= 11 is 0. The summed E-state index contributed by atoms with van der Waals surface area (Å²) in [5, 5.41) is 9.78. The molecule has 0 radical (unpaired) electrons. The predicted molar refractivity (Wildman–Crippen MR) is 63.6 cm³/mol. The molecule has 0 aromatic rings. The van der Waals surface area contributed by atoms with E-state index < -0.39 is 5.41 Å². The smallest absolute Gasteiger partial charge is 0.306 e. The van der Waals surface area contributed by atoms with Gasteiger partial charge in [-0.1, -0.05) is 19.4 Å². The second kappa shape index (κ2) is 3.44. The van der Waals surface area contributed by atoms with Crippen molar-refractivity contribution >= 4 is 11.8 Å². The standard InChI is InChI=1S/C14H18O4/c1-8-10-5-14(6-12(17)18-10)4-9(16)3-11(14)13(8,2)7-15/h3,8,10,15H,4-7H2,1-2H3/t8-,10-,13-,14-/m0/s1. The average Bonchev–Trinajstić information content (AvgIpc) is 2.62. The van der Waals surface area contributed by atoms with Gasteiger partial charge in [0.15, 0.2) is 5.78 Å². The largest absolute Gasteiger partial charge is 0.462 e. The molecule has 1 aliphatic heterocycles. The van der Waals surface area contributed by atoms with Gasteiger partial charge in [0.1, 0.15) is 6.10 Å². The van der Waals surface area contributed by atoms with Gasteiger partial charge < -0.3 is 9.84 Å². The first-order valence-electron chi connectivity index (χ1n) is 6.47. The Kier molecular flexibility index (Phi) is 2.28. The van der Waals surface area contributed by atoms with Crippen molar-refractivity contribution in [2.75, 3.05) is 6.61 Å². The van der Waals surface area contributed by atoms with E-state index in [1.807, 2.05) is 13.8 Å². The van der Waals surface area contributed by atoms with Gasteiger partial charge in [0.25, 0.3) is 0 Å². The summed E-state index contributed by atoms with van der Waals surface area (Å²) in [6, 6.07) is 0. The first kappa shape index (κ1) is 11.9. The van der Waals surface area contributed by atoms with Crippen LogP contribution in [0, 0.1) is 16.7 Å². The van der Waals surface area contributed by atoms with Gasteiger partial charge in [-0.2, -0.15) is 0 Å². The normalized spacial score (nSPS) is 46.5. The minimum atomic E-state index is -0.449. The fraction of sp³-hybridized carbons (Fsp3) is 0.714. The SMILES string of the molecule is C[C@H]1[C@@H]2C[C@@]3(CC(=O)C=C3[C@@]1(C)CO)CC(=O)O2. The molecule has 3 aliphatic rings. The number of ether oxygens (including phenoxy) is 1. The van der Waals surface area contributed by atoms with E-state index in [-0.39, 0.29) is 42.2 Å². The molecular weight excluding hydrogens is 232 g/mol. The third-order valence-electron chi connectivity index (χ3n) is 5.25. The maximum atomic E-state index is 11.8. The lowest BCUT2D eigenvalue weighted by Crippen LogP contribution is -2.55. The Balaban J connectivity index is 2.15. The molecule has 0 aromatic carbocycles. The number of carbonyl (C=O) groups is 2. The van der Waals surface area contributed by atoms with Crippen molar-refractivity contribution in [2.24, 2.45) is 16.7 Å². The summed E-state index contributed by atoms with van der Waals surface area (Å²) < 4.78 is 5.42. The van der Waals surface area contributed by atoms with Crippen molar-refractivity contribution < 1.29 is 19.4 Å². The number of aliphatic hydroxyl groups is 1. The second-order valence-electron chi connectivity index (χ2n) is 6.25. The van der Waals surface area contributed by atoms with Gasteiger partial charge in [-0.25, -0.2) is 0 Å². The van der Waals surface area contributed by atoms with Crippen LogP contribution < -0.4 is 0 Å². The lowest BCUT2D eigenvalue weighted by Gasteiger charge is -2.54. The monoisotopic (exact) mass is 250 g/mol. The molecule has 1 saturated carbocycles. The van der Waals surface area contributed by atoms with E-state index in [1.165, 1.54) is 0 Å². The van der Waals surface area contributed by atoms with Gasteiger partial charge in [-0.3, -0.25) is 9.59 Å². The van der Waals surface area contributed by atoms with Crippen LogP contribution in [0.4, 0.5) is 0 Å². The van der Waals surface area contributed by atoms with E-state index in [1.54, 1.807) is 6.08 Å². The van der Waals surface area contributed by atoms with E-state index in [2.05, 4.69) is 0 Å². The Morgan fingerprint density at radius 1 is 1.44 bits per heavy atom. The van der Waals surface area contributed by atoms with Gasteiger partial charge in [0, 0.05) is 23.2 Å². The first-order valence-corrected chi connectivity index (χ1v) is 6.47. The number of esters is 1. The first-order chi connectivity index (χ1) is 8.41. The van der Waals surface area contributed by atoms with Crippen molar-refractivity contribution in [3.05, 3.63) is 11.6 Å². The molecular formula is C14H18O4. The zero-order valence-corrected chi connectivity index (χ0v) is 10.7. The van der Waals surface area contributed by atoms with E-state index in [0.29, 0.717) is 6.42 Å². The lowest BCUT2D eigenvalue weighted by atomic mass is 9.53. The molecule has 3 rings (SSSR count). The highest BCUT2D eigenvalue weighted by Gasteiger charge is 2.60. The molecule has 2 fully saturated rings. The Morgan fingerprint density at radius 2 is 2.17 bits per heavy atom. The number of rotatable bonds is 1. The third kappa shape index (κ3) is 1.30. The quantitative estimate of drug-likeness (QED) is 0.711. The third-order valence-corrected chi connectivity index (χ3v) is 5.25. The summed E-state index contributed by atoms with van der Waals surface area (Å²) in [4.78, 5) is 23.6. The van der Waals surface area contributed by atoms with Crippen molar-refractivity contribution in [1.29, 1.82) is 0 Å². The minimum absolute atomic E-state index is 0.0108. The molecule has 1 spiro atoms. The van der Waals surface area contributed by atoms with Crippen LogP contribution in [0.1, 0.15) is 33.1 Å². The summed E-state index contributed by atoms with van der Waals surface area (Å²) in [5.74, 6) is -0.0945. The highest BCUT2D eigenvalue weighted by Crippen LogP contribution is 2.61. The van der Waals surface area contributed by atoms with Crippen LogP contribution in [-0.2, 0) is 14.3 Å². The van der Waals surface area contributed by atoms with Crippen LogP contribution >= 0.6 is 0 Å². The summed E-state index contributed by atoms with van der Waals surface area (Å²) in [6.07, 6.45) is 2.90. The molecule has 1 saturated heterocycles. The maximum Gasteiger partial charge on any atom is 0.306 e. The van der Waals surface area contributed by atoms with Crippen molar-refractivity contribution in [3.63, 3.8) is 0 Å². The molecule has 0 aromatic heterocycles. The number of hydrogen-bond acceptors (Lipinski definition) is 4. The molecule has 98 valence electrons. The molecule has 2 aliphatic carbocycles. The molecule has 4 nitrogen and oxygen atoms in total. The summed E-state index contributed by atoms with van der Waals surface area (Å²) in [5.41, 5.74) is 0.152. The van der Waals surface area contributed by atoms with Crippen molar-refractivity contribution in [2.45, 2.75) is 39.2 Å². The molecule has 4 heteroatoms. The average molecular weight is 250 g/mol. The number of carbonyl (C=O) groups excluding carboxylic acids is 2. The van der Waals surface area contributed by atoms with Crippen LogP contribution in [0.15, 0.2) is 11.6 Å². The molecule has 1 N–H and O–H groups in total. The number of aliphatic hydroxyl groups excluding tert-OH is 1. The maximum absolute atomic E-state index is 11.8. The van der Waals surface area contributed by atoms with Gasteiger partial charge in [0.05, 0.1) is 13.0 Å². The Labute approximate surface area is 106 Å². The Hall–Kier alpha value is -1.16. The van der Waals surface area contributed by atoms with Gasteiger partial charge in [-0.15, -0.1) is 0 Å². The fourth-order valence-electron chi connectivity index (χ4n) is 4.05. The van der Waals surface area contributed by atoms with Crippen LogP contribution in [0.2, 0.25) is 0 Å². The second-order valence-corrected chi connectivity index (χ2v) is 6.25. The predicted octanol–water partition coefficient (Wildman–Crippen LogP) is 1.23. The molecule has 2 bridgehead atoms. The number of ketones is 1. The zero-order valence-electron chi connectivity index (χ0n) is 10.7. The van der Waals surface area contributed by atoms with Gasteiger partial charge in [0.2, 0.25) is 0 Å². The molecule has 0 amide bonds. The molecule has 4 atom stereocenters. The topological polar surface area (TPSA) is 63.6 Å². The molecule has 18 heavy (non-hydrogen) atoms. The van der Waals surface area contributed by atoms with Gasteiger partial charge in [-0.05, 0) is 12.5 Å². The summed E-state index contributed by atoms with van der Waals surface area (Å²) in [7, 11) is 0. The van der Waals surface area contributed by atoms with Crippen LogP contribution in [0.25, 0.3) is 0 Å². The highest BCUT2D eigenvalue weighted by atomic mass is 16.5. The van der Waals surface area contributed by atoms with Crippen LogP contribution in [-0.4, -0.2) is 29.6 Å². The lowest BCUT2D eigenvalue weighted by molar-refractivity contribution is -0.176. The number of hydrogen-bond donors (Lipinski definition) is 1. The Bertz CT molecular complexity index is 466. The minimum Gasteiger partial charge on any atom is -0.462 e.